The predicted octanol–water partition coefficient (Wildman–Crippen LogP) is 1.72. The number of thioether (sulfide) groups is 1. The Morgan fingerprint density at radius 1 is 1.33 bits per heavy atom. The monoisotopic (exact) mass is 226 g/mol. The molecule has 5 heteroatoms. The largest absolute Gasteiger partial charge is 0.353 e. The van der Waals surface area contributed by atoms with E-state index in [0.717, 1.165) is 36.8 Å². The van der Waals surface area contributed by atoms with E-state index >= 15 is 0 Å². The molecular formula is C10H14N2O2S. The summed E-state index contributed by atoms with van der Waals surface area (Å²) in [6, 6.07) is 0. The molecule has 4 nitrogen and oxygen atoms in total. The van der Waals surface area contributed by atoms with Gasteiger partial charge in [-0.15, -0.1) is 11.8 Å². The molecule has 1 fully saturated rings. The van der Waals surface area contributed by atoms with Crippen molar-refractivity contribution >= 4 is 11.8 Å². The minimum Gasteiger partial charge on any atom is -0.353 e. The first kappa shape index (κ1) is 10.9. The summed E-state index contributed by atoms with van der Waals surface area (Å²) >= 11 is 1.68. The summed E-state index contributed by atoms with van der Waals surface area (Å²) in [5.41, 5.74) is 0. The van der Waals surface area contributed by atoms with Gasteiger partial charge >= 0.3 is 0 Å². The second-order valence-electron chi connectivity index (χ2n) is 3.21. The van der Waals surface area contributed by atoms with Crippen molar-refractivity contribution in [1.82, 2.24) is 9.97 Å². The fourth-order valence-corrected chi connectivity index (χ4v) is 2.11. The lowest BCUT2D eigenvalue weighted by Crippen LogP contribution is -2.25. The first-order valence-corrected chi connectivity index (χ1v) is 6.06. The molecule has 0 saturated carbocycles. The van der Waals surface area contributed by atoms with Crippen molar-refractivity contribution in [2.75, 3.05) is 19.0 Å². The molecular weight excluding hydrogens is 212 g/mol. The van der Waals surface area contributed by atoms with E-state index < -0.39 is 0 Å². The van der Waals surface area contributed by atoms with Crippen LogP contribution in [-0.4, -0.2) is 35.2 Å². The fourth-order valence-electron chi connectivity index (χ4n) is 1.32. The Bertz CT molecular complexity index is 278. The van der Waals surface area contributed by atoms with Crippen LogP contribution in [0.4, 0.5) is 0 Å². The van der Waals surface area contributed by atoms with Crippen molar-refractivity contribution in [3.8, 4) is 0 Å². The van der Waals surface area contributed by atoms with Gasteiger partial charge in [0.15, 0.2) is 6.29 Å². The number of hydrogen-bond acceptors (Lipinski definition) is 5. The molecule has 1 aromatic rings. The molecule has 0 unspecified atom stereocenters. The van der Waals surface area contributed by atoms with Crippen molar-refractivity contribution in [2.24, 2.45) is 0 Å². The van der Waals surface area contributed by atoms with Crippen LogP contribution in [0.3, 0.4) is 0 Å². The van der Waals surface area contributed by atoms with Crippen LogP contribution in [0.5, 0.6) is 0 Å². The van der Waals surface area contributed by atoms with Gasteiger partial charge in [-0.3, -0.25) is 4.98 Å². The molecule has 0 amide bonds. The third-order valence-corrected chi connectivity index (χ3v) is 2.99. The Labute approximate surface area is 93.4 Å². The molecule has 15 heavy (non-hydrogen) atoms. The first-order chi connectivity index (χ1) is 7.45. The maximum Gasteiger partial charge on any atom is 0.158 e. The van der Waals surface area contributed by atoms with Crippen molar-refractivity contribution in [2.45, 2.75) is 24.2 Å². The van der Waals surface area contributed by atoms with Crippen LogP contribution in [0.1, 0.15) is 12.8 Å². The van der Waals surface area contributed by atoms with Gasteiger partial charge in [-0.25, -0.2) is 4.98 Å². The van der Waals surface area contributed by atoms with E-state index in [-0.39, 0.29) is 6.29 Å². The molecule has 0 aromatic carbocycles. The number of nitrogens with zero attached hydrogens (tertiary/aromatic N) is 2. The van der Waals surface area contributed by atoms with E-state index in [1.54, 1.807) is 30.4 Å². The average molecular weight is 226 g/mol. The summed E-state index contributed by atoms with van der Waals surface area (Å²) in [6.45, 7) is 1.64. The highest BCUT2D eigenvalue weighted by Crippen LogP contribution is 2.17. The minimum absolute atomic E-state index is 0.0251. The van der Waals surface area contributed by atoms with Crippen LogP contribution in [0.2, 0.25) is 0 Å². The topological polar surface area (TPSA) is 44.2 Å². The summed E-state index contributed by atoms with van der Waals surface area (Å²) in [7, 11) is 0. The van der Waals surface area contributed by atoms with Gasteiger partial charge in [-0.2, -0.15) is 0 Å². The van der Waals surface area contributed by atoms with Gasteiger partial charge in [0.05, 0.1) is 19.4 Å². The third kappa shape index (κ3) is 3.77. The third-order valence-electron chi connectivity index (χ3n) is 2.04. The second-order valence-corrected chi connectivity index (χ2v) is 4.32. The highest BCUT2D eigenvalue weighted by atomic mass is 32.2. The molecule has 1 aliphatic heterocycles. The smallest absolute Gasteiger partial charge is 0.158 e. The molecule has 1 aromatic heterocycles. The highest BCUT2D eigenvalue weighted by molar-refractivity contribution is 7.99. The van der Waals surface area contributed by atoms with Crippen molar-refractivity contribution in [3.63, 3.8) is 0 Å². The van der Waals surface area contributed by atoms with Crippen LogP contribution in [0, 0.1) is 0 Å². The van der Waals surface area contributed by atoms with E-state index in [1.165, 1.54) is 0 Å². The zero-order chi connectivity index (χ0) is 10.3. The van der Waals surface area contributed by atoms with Gasteiger partial charge in [0, 0.05) is 24.6 Å². The zero-order valence-electron chi connectivity index (χ0n) is 8.46. The van der Waals surface area contributed by atoms with E-state index in [1.807, 2.05) is 0 Å². The summed E-state index contributed by atoms with van der Waals surface area (Å²) < 4.78 is 10.9. The molecule has 2 heterocycles. The van der Waals surface area contributed by atoms with Gasteiger partial charge in [0.25, 0.3) is 0 Å². The molecule has 0 radical (unpaired) electrons. The van der Waals surface area contributed by atoms with Crippen molar-refractivity contribution < 1.29 is 9.47 Å². The molecule has 0 atom stereocenters. The summed E-state index contributed by atoms with van der Waals surface area (Å²) in [5, 5.41) is 0.952. The van der Waals surface area contributed by atoms with E-state index in [0.29, 0.717) is 0 Å². The minimum atomic E-state index is -0.0251. The van der Waals surface area contributed by atoms with Crippen LogP contribution < -0.4 is 0 Å². The first-order valence-electron chi connectivity index (χ1n) is 5.07. The molecule has 82 valence electrons. The average Bonchev–Trinajstić information content (AvgIpc) is 2.32. The highest BCUT2D eigenvalue weighted by Gasteiger charge is 2.13. The quantitative estimate of drug-likeness (QED) is 0.731. The Morgan fingerprint density at radius 3 is 2.93 bits per heavy atom. The number of hydrogen-bond donors (Lipinski definition) is 0. The lowest BCUT2D eigenvalue weighted by Gasteiger charge is -2.22. The standard InChI is InChI=1S/C10H14N2O2S/c1-5-13-10(14-6-1)2-7-15-9-8-11-3-4-12-9/h3-4,8,10H,1-2,5-7H2. The van der Waals surface area contributed by atoms with Gasteiger partial charge in [-0.1, -0.05) is 0 Å². The lowest BCUT2D eigenvalue weighted by atomic mass is 10.4. The molecule has 1 aliphatic rings. The van der Waals surface area contributed by atoms with Crippen LogP contribution in [0.25, 0.3) is 0 Å². The van der Waals surface area contributed by atoms with E-state index in [4.69, 9.17) is 9.47 Å². The lowest BCUT2D eigenvalue weighted by molar-refractivity contribution is -0.178. The summed E-state index contributed by atoms with van der Waals surface area (Å²) in [6.07, 6.45) is 7.04. The molecule has 1 saturated heterocycles. The number of aromatic nitrogens is 2. The predicted molar refractivity (Wildman–Crippen MR) is 57.7 cm³/mol. The van der Waals surface area contributed by atoms with E-state index in [2.05, 4.69) is 9.97 Å². The van der Waals surface area contributed by atoms with Gasteiger partial charge in [-0.05, 0) is 6.42 Å². The molecule has 0 aliphatic carbocycles. The van der Waals surface area contributed by atoms with Crippen LogP contribution in [-0.2, 0) is 9.47 Å². The maximum atomic E-state index is 5.44. The number of ether oxygens (including phenoxy) is 2. The van der Waals surface area contributed by atoms with E-state index in [9.17, 15) is 0 Å². The van der Waals surface area contributed by atoms with Crippen LogP contribution in [0.15, 0.2) is 23.6 Å². The zero-order valence-corrected chi connectivity index (χ0v) is 9.28. The Balaban J connectivity index is 1.66. The van der Waals surface area contributed by atoms with Crippen molar-refractivity contribution in [3.05, 3.63) is 18.6 Å². The summed E-state index contributed by atoms with van der Waals surface area (Å²) in [5.74, 6) is 0.948. The van der Waals surface area contributed by atoms with Gasteiger partial charge in [0.1, 0.15) is 5.03 Å². The van der Waals surface area contributed by atoms with Gasteiger partial charge in [0.2, 0.25) is 0 Å². The normalized spacial score (nSPS) is 17.9. The molecule has 2 rings (SSSR count). The van der Waals surface area contributed by atoms with Crippen molar-refractivity contribution in [1.29, 1.82) is 0 Å². The fraction of sp³-hybridized carbons (Fsp3) is 0.600. The second kappa shape index (κ2) is 6.05. The Morgan fingerprint density at radius 2 is 2.20 bits per heavy atom. The molecule has 0 spiro atoms. The number of rotatable bonds is 4. The maximum absolute atomic E-state index is 5.44. The SMILES string of the molecule is c1cnc(SCCC2OCCCO2)cn1. The Hall–Kier alpha value is -0.650. The van der Waals surface area contributed by atoms with Gasteiger partial charge < -0.3 is 9.47 Å². The van der Waals surface area contributed by atoms with Crippen LogP contribution >= 0.6 is 11.8 Å². The molecule has 0 bridgehead atoms. The Kier molecular flexibility index (Phi) is 4.38. The molecule has 0 N–H and O–H groups in total. The summed E-state index contributed by atoms with van der Waals surface area (Å²) in [4.78, 5) is 8.18.